The summed E-state index contributed by atoms with van der Waals surface area (Å²) in [6.45, 7) is 1.91. The summed E-state index contributed by atoms with van der Waals surface area (Å²) in [6, 6.07) is 10.5. The van der Waals surface area contributed by atoms with Crippen molar-refractivity contribution in [2.45, 2.75) is 11.8 Å². The van der Waals surface area contributed by atoms with E-state index < -0.39 is 14.9 Å². The molecule has 0 bridgehead atoms. The van der Waals surface area contributed by atoms with Crippen molar-refractivity contribution >= 4 is 21.6 Å². The van der Waals surface area contributed by atoms with Crippen molar-refractivity contribution in [1.29, 1.82) is 0 Å². The third-order valence-electron chi connectivity index (χ3n) is 3.12. The van der Waals surface area contributed by atoms with Gasteiger partial charge in [-0.05, 0) is 25.1 Å². The highest BCUT2D eigenvalue weighted by molar-refractivity contribution is 7.90. The molecule has 0 atom stereocenters. The van der Waals surface area contributed by atoms with Crippen molar-refractivity contribution < 1.29 is 18.1 Å². The summed E-state index contributed by atoms with van der Waals surface area (Å²) in [7, 11) is -3.98. The van der Waals surface area contributed by atoms with Crippen LogP contribution in [0.1, 0.15) is 11.1 Å². The maximum absolute atomic E-state index is 12.0. The van der Waals surface area contributed by atoms with Crippen LogP contribution in [0.3, 0.4) is 0 Å². The molecule has 3 rings (SSSR count). The molecule has 0 unspecified atom stereocenters. The standard InChI is InChI=1S/C14H10N2O5S/c1-9-2-5-11(6-3-9)21-14-12-7-4-10(16(17)18)8-13(12)22(19,20)15-14/h2-8H,1H3. The van der Waals surface area contributed by atoms with Crippen LogP contribution in [0, 0.1) is 17.0 Å². The highest BCUT2D eigenvalue weighted by Crippen LogP contribution is 2.30. The van der Waals surface area contributed by atoms with Gasteiger partial charge in [-0.15, -0.1) is 4.40 Å². The number of nitro benzene ring substituents is 1. The zero-order valence-corrected chi connectivity index (χ0v) is 12.2. The summed E-state index contributed by atoms with van der Waals surface area (Å²) in [6.07, 6.45) is 0. The number of ether oxygens (including phenoxy) is 1. The SMILES string of the molecule is Cc1ccc(OC2=NS(=O)(=O)c3cc([N+](=O)[O-])ccc32)cc1. The topological polar surface area (TPSA) is 98.9 Å². The number of non-ortho nitro benzene ring substituents is 1. The van der Waals surface area contributed by atoms with E-state index in [4.69, 9.17) is 4.74 Å². The van der Waals surface area contributed by atoms with E-state index >= 15 is 0 Å². The highest BCUT2D eigenvalue weighted by atomic mass is 32.2. The summed E-state index contributed by atoms with van der Waals surface area (Å²) in [5, 5.41) is 10.8. The Morgan fingerprint density at radius 2 is 1.82 bits per heavy atom. The second kappa shape index (κ2) is 4.92. The number of nitrogens with zero attached hydrogens (tertiary/aromatic N) is 2. The van der Waals surface area contributed by atoms with Crippen molar-refractivity contribution in [1.82, 2.24) is 0 Å². The smallest absolute Gasteiger partial charge is 0.286 e. The van der Waals surface area contributed by atoms with Gasteiger partial charge in [0.15, 0.2) is 0 Å². The number of aryl methyl sites for hydroxylation is 1. The van der Waals surface area contributed by atoms with Gasteiger partial charge in [0.1, 0.15) is 10.6 Å². The average molecular weight is 318 g/mol. The van der Waals surface area contributed by atoms with Gasteiger partial charge in [-0.25, -0.2) is 0 Å². The monoisotopic (exact) mass is 318 g/mol. The molecule has 0 aromatic heterocycles. The Kier molecular flexibility index (Phi) is 3.18. The molecule has 0 N–H and O–H groups in total. The summed E-state index contributed by atoms with van der Waals surface area (Å²) in [5.41, 5.74) is 0.935. The van der Waals surface area contributed by atoms with Crippen LogP contribution in [0.4, 0.5) is 5.69 Å². The molecular formula is C14H10N2O5S. The lowest BCUT2D eigenvalue weighted by Gasteiger charge is -2.05. The van der Waals surface area contributed by atoms with Crippen LogP contribution >= 0.6 is 0 Å². The molecule has 0 spiro atoms. The van der Waals surface area contributed by atoms with Crippen molar-refractivity contribution in [3.63, 3.8) is 0 Å². The van der Waals surface area contributed by atoms with E-state index in [0.717, 1.165) is 11.6 Å². The minimum Gasteiger partial charge on any atom is -0.438 e. The first kappa shape index (κ1) is 14.2. The van der Waals surface area contributed by atoms with E-state index in [1.807, 2.05) is 19.1 Å². The molecule has 7 nitrogen and oxygen atoms in total. The summed E-state index contributed by atoms with van der Waals surface area (Å²) in [4.78, 5) is 9.88. The molecule has 1 aliphatic rings. The quantitative estimate of drug-likeness (QED) is 0.625. The Bertz CT molecular complexity index is 901. The van der Waals surface area contributed by atoms with Crippen molar-refractivity contribution in [2.75, 3.05) is 0 Å². The first-order valence-corrected chi connectivity index (χ1v) is 7.69. The van der Waals surface area contributed by atoms with Gasteiger partial charge in [0, 0.05) is 12.1 Å². The van der Waals surface area contributed by atoms with Gasteiger partial charge in [0.05, 0.1) is 10.5 Å². The fraction of sp³-hybridized carbons (Fsp3) is 0.0714. The van der Waals surface area contributed by atoms with Crippen LogP contribution in [0.5, 0.6) is 5.75 Å². The zero-order valence-electron chi connectivity index (χ0n) is 11.4. The fourth-order valence-electron chi connectivity index (χ4n) is 2.01. The van der Waals surface area contributed by atoms with Crippen LogP contribution < -0.4 is 4.74 Å². The Morgan fingerprint density at radius 3 is 2.45 bits per heavy atom. The number of hydrogen-bond acceptors (Lipinski definition) is 5. The number of fused-ring (bicyclic) bond motifs is 1. The minimum atomic E-state index is -3.98. The molecule has 0 saturated heterocycles. The van der Waals surface area contributed by atoms with Crippen LogP contribution in [0.25, 0.3) is 0 Å². The number of hydrogen-bond donors (Lipinski definition) is 0. The molecule has 1 aliphatic heterocycles. The molecule has 2 aromatic carbocycles. The van der Waals surface area contributed by atoms with Crippen molar-refractivity contribution in [2.24, 2.45) is 4.40 Å². The molecular weight excluding hydrogens is 308 g/mol. The van der Waals surface area contributed by atoms with Gasteiger partial charge in [-0.1, -0.05) is 17.7 Å². The number of rotatable bonds is 2. The van der Waals surface area contributed by atoms with Crippen molar-refractivity contribution in [3.8, 4) is 5.75 Å². The molecule has 0 radical (unpaired) electrons. The Labute approximate surface area is 126 Å². The predicted molar refractivity (Wildman–Crippen MR) is 78.6 cm³/mol. The van der Waals surface area contributed by atoms with Gasteiger partial charge < -0.3 is 4.74 Å². The van der Waals surface area contributed by atoms with E-state index in [-0.39, 0.29) is 22.0 Å². The predicted octanol–water partition coefficient (Wildman–Crippen LogP) is 2.43. The maximum atomic E-state index is 12.0. The molecule has 0 fully saturated rings. The Hall–Kier alpha value is -2.74. The highest BCUT2D eigenvalue weighted by Gasteiger charge is 2.32. The van der Waals surface area contributed by atoms with E-state index in [1.165, 1.54) is 12.1 Å². The number of benzene rings is 2. The first-order chi connectivity index (χ1) is 10.4. The van der Waals surface area contributed by atoms with Crippen LogP contribution in [-0.2, 0) is 10.0 Å². The van der Waals surface area contributed by atoms with Crippen LogP contribution in [0.2, 0.25) is 0 Å². The van der Waals surface area contributed by atoms with Gasteiger partial charge in [0.25, 0.3) is 15.7 Å². The van der Waals surface area contributed by atoms with Crippen LogP contribution in [-0.4, -0.2) is 19.2 Å². The second-order valence-corrected chi connectivity index (χ2v) is 6.30. The third kappa shape index (κ3) is 2.44. The van der Waals surface area contributed by atoms with E-state index in [1.54, 1.807) is 12.1 Å². The normalized spacial score (nSPS) is 15.0. The van der Waals surface area contributed by atoms with Crippen molar-refractivity contribution in [3.05, 3.63) is 63.7 Å². The zero-order chi connectivity index (χ0) is 15.9. The van der Waals surface area contributed by atoms with Gasteiger partial charge in [-0.3, -0.25) is 10.1 Å². The molecule has 2 aromatic rings. The fourth-order valence-corrected chi connectivity index (χ4v) is 3.17. The lowest BCUT2D eigenvalue weighted by Crippen LogP contribution is -2.08. The van der Waals surface area contributed by atoms with E-state index in [0.29, 0.717) is 5.75 Å². The third-order valence-corrected chi connectivity index (χ3v) is 4.42. The summed E-state index contributed by atoms with van der Waals surface area (Å²) < 4.78 is 33.0. The molecule has 0 saturated carbocycles. The molecule has 112 valence electrons. The second-order valence-electron chi connectivity index (χ2n) is 4.72. The molecule has 1 heterocycles. The average Bonchev–Trinajstić information content (AvgIpc) is 2.72. The first-order valence-electron chi connectivity index (χ1n) is 6.25. The number of nitro groups is 1. The summed E-state index contributed by atoms with van der Waals surface area (Å²) >= 11 is 0. The maximum Gasteiger partial charge on any atom is 0.286 e. The minimum absolute atomic E-state index is 0.0891. The van der Waals surface area contributed by atoms with Gasteiger partial charge in [-0.2, -0.15) is 8.42 Å². The molecule has 22 heavy (non-hydrogen) atoms. The largest absolute Gasteiger partial charge is 0.438 e. The molecule has 0 amide bonds. The number of sulfonamides is 1. The Morgan fingerprint density at radius 1 is 1.14 bits per heavy atom. The van der Waals surface area contributed by atoms with Gasteiger partial charge in [0.2, 0.25) is 5.90 Å². The van der Waals surface area contributed by atoms with E-state index in [2.05, 4.69) is 4.40 Å². The van der Waals surface area contributed by atoms with E-state index in [9.17, 15) is 18.5 Å². The van der Waals surface area contributed by atoms with Crippen LogP contribution in [0.15, 0.2) is 51.8 Å². The lowest BCUT2D eigenvalue weighted by molar-refractivity contribution is -0.385. The molecule has 0 aliphatic carbocycles. The molecule has 8 heteroatoms. The lowest BCUT2D eigenvalue weighted by atomic mass is 10.2. The van der Waals surface area contributed by atoms with Gasteiger partial charge >= 0.3 is 0 Å². The summed E-state index contributed by atoms with van der Waals surface area (Å²) in [5.74, 6) is 0.347. The Balaban J connectivity index is 2.02.